The maximum absolute atomic E-state index is 11.5. The fourth-order valence-electron chi connectivity index (χ4n) is 3.83. The van der Waals surface area contributed by atoms with E-state index in [2.05, 4.69) is 21.2 Å². The monoisotopic (exact) mass is 375 g/mol. The van der Waals surface area contributed by atoms with Crippen LogP contribution in [0.25, 0.3) is 0 Å². The van der Waals surface area contributed by atoms with Crippen LogP contribution in [-0.2, 0) is 11.3 Å². The number of aliphatic hydroxyl groups excluding tert-OH is 1. The van der Waals surface area contributed by atoms with Crippen LogP contribution in [0.5, 0.6) is 5.75 Å². The highest BCUT2D eigenvalue weighted by molar-refractivity contribution is 5.76. The average molecular weight is 376 g/mol. The molecule has 6 nitrogen and oxygen atoms in total. The Morgan fingerprint density at radius 2 is 1.89 bits per heavy atom. The minimum atomic E-state index is -0.463. The lowest BCUT2D eigenvalue weighted by molar-refractivity contribution is -0.120. The van der Waals surface area contributed by atoms with Crippen molar-refractivity contribution in [2.45, 2.75) is 44.8 Å². The molecule has 1 atom stereocenters. The van der Waals surface area contributed by atoms with E-state index in [0.717, 1.165) is 38.5 Å². The third kappa shape index (κ3) is 7.13. The molecule has 2 heterocycles. The van der Waals surface area contributed by atoms with Crippen LogP contribution < -0.4 is 10.1 Å². The summed E-state index contributed by atoms with van der Waals surface area (Å²) in [5, 5.41) is 13.2. The second kappa shape index (κ2) is 10.6. The standard InChI is InChI=1S/C21H33N3O3/c25-19(16-23-10-3-1-2-4-11-23)17-27-20-7-5-6-18(14-20)15-24-12-8-21(26)22-9-13-24/h5-7,14,19,25H,1-4,8-13,15-17H2,(H,22,26). The quantitative estimate of drug-likeness (QED) is 0.758. The van der Waals surface area contributed by atoms with E-state index in [-0.39, 0.29) is 5.91 Å². The van der Waals surface area contributed by atoms with E-state index >= 15 is 0 Å². The Bertz CT molecular complexity index is 588. The molecule has 0 saturated carbocycles. The Labute approximate surface area is 162 Å². The van der Waals surface area contributed by atoms with Gasteiger partial charge in [-0.2, -0.15) is 0 Å². The van der Waals surface area contributed by atoms with Crippen molar-refractivity contribution >= 4 is 5.91 Å². The number of nitrogens with one attached hydrogen (secondary N) is 1. The summed E-state index contributed by atoms with van der Waals surface area (Å²) in [6.07, 6.45) is 5.16. The van der Waals surface area contributed by atoms with E-state index in [1.54, 1.807) is 0 Å². The number of hydrogen-bond donors (Lipinski definition) is 2. The van der Waals surface area contributed by atoms with E-state index in [1.165, 1.54) is 31.2 Å². The van der Waals surface area contributed by atoms with Gasteiger partial charge in [0.05, 0.1) is 0 Å². The molecule has 1 aromatic carbocycles. The molecule has 27 heavy (non-hydrogen) atoms. The summed E-state index contributed by atoms with van der Waals surface area (Å²) in [5.74, 6) is 0.930. The summed E-state index contributed by atoms with van der Waals surface area (Å²) in [7, 11) is 0. The number of rotatable bonds is 7. The number of hydrogen-bond acceptors (Lipinski definition) is 5. The van der Waals surface area contributed by atoms with Gasteiger partial charge in [0.2, 0.25) is 5.91 Å². The van der Waals surface area contributed by atoms with Gasteiger partial charge in [0.1, 0.15) is 18.5 Å². The molecule has 2 saturated heterocycles. The third-order valence-corrected chi connectivity index (χ3v) is 5.32. The number of ether oxygens (including phenoxy) is 1. The average Bonchev–Trinajstić information content (AvgIpc) is 3.03. The maximum Gasteiger partial charge on any atom is 0.221 e. The molecule has 1 unspecified atom stereocenters. The number of carbonyl (C=O) groups excluding carboxylic acids is 1. The van der Waals surface area contributed by atoms with Crippen LogP contribution in [0.3, 0.4) is 0 Å². The van der Waals surface area contributed by atoms with Crippen molar-refractivity contribution < 1.29 is 14.6 Å². The fourth-order valence-corrected chi connectivity index (χ4v) is 3.83. The van der Waals surface area contributed by atoms with Gasteiger partial charge in [-0.3, -0.25) is 9.69 Å². The van der Waals surface area contributed by atoms with Crippen molar-refractivity contribution in [3.63, 3.8) is 0 Å². The Hall–Kier alpha value is -1.63. The largest absolute Gasteiger partial charge is 0.491 e. The molecule has 1 aromatic rings. The maximum atomic E-state index is 11.5. The molecule has 3 rings (SSSR count). The molecular formula is C21H33N3O3. The Morgan fingerprint density at radius 3 is 2.70 bits per heavy atom. The Balaban J connectivity index is 1.44. The normalized spacial score (nSPS) is 21.1. The molecule has 0 radical (unpaired) electrons. The molecule has 0 aliphatic carbocycles. The summed E-state index contributed by atoms with van der Waals surface area (Å²) < 4.78 is 5.85. The van der Waals surface area contributed by atoms with Crippen LogP contribution >= 0.6 is 0 Å². The van der Waals surface area contributed by atoms with E-state index < -0.39 is 6.10 Å². The van der Waals surface area contributed by atoms with Crippen LogP contribution in [0.2, 0.25) is 0 Å². The topological polar surface area (TPSA) is 65.0 Å². The lowest BCUT2D eigenvalue weighted by Gasteiger charge is -2.23. The van der Waals surface area contributed by atoms with Crippen molar-refractivity contribution in [2.75, 3.05) is 45.9 Å². The van der Waals surface area contributed by atoms with Crippen LogP contribution in [-0.4, -0.2) is 72.8 Å². The van der Waals surface area contributed by atoms with E-state index in [9.17, 15) is 9.90 Å². The van der Waals surface area contributed by atoms with Crippen molar-refractivity contribution in [1.29, 1.82) is 0 Å². The molecule has 2 N–H and O–H groups in total. The van der Waals surface area contributed by atoms with Gasteiger partial charge in [0, 0.05) is 39.1 Å². The lowest BCUT2D eigenvalue weighted by atomic mass is 10.2. The van der Waals surface area contributed by atoms with E-state index in [4.69, 9.17) is 4.74 Å². The van der Waals surface area contributed by atoms with Gasteiger partial charge in [0.15, 0.2) is 0 Å². The molecule has 0 bridgehead atoms. The lowest BCUT2D eigenvalue weighted by Crippen LogP contribution is -2.36. The first-order valence-electron chi connectivity index (χ1n) is 10.3. The Morgan fingerprint density at radius 1 is 1.07 bits per heavy atom. The molecule has 150 valence electrons. The number of likely N-dealkylation sites (tertiary alicyclic amines) is 1. The van der Waals surface area contributed by atoms with Gasteiger partial charge < -0.3 is 20.1 Å². The zero-order chi connectivity index (χ0) is 18.9. The van der Waals surface area contributed by atoms with Crippen LogP contribution in [0.15, 0.2) is 24.3 Å². The van der Waals surface area contributed by atoms with Gasteiger partial charge in [0.25, 0.3) is 0 Å². The van der Waals surface area contributed by atoms with Crippen LogP contribution in [0, 0.1) is 0 Å². The summed E-state index contributed by atoms with van der Waals surface area (Å²) in [4.78, 5) is 16.1. The number of nitrogens with zero attached hydrogens (tertiary/aromatic N) is 2. The van der Waals surface area contributed by atoms with Gasteiger partial charge >= 0.3 is 0 Å². The molecule has 1 amide bonds. The number of amides is 1. The molecule has 2 fully saturated rings. The highest BCUT2D eigenvalue weighted by Crippen LogP contribution is 2.16. The second-order valence-corrected chi connectivity index (χ2v) is 7.70. The third-order valence-electron chi connectivity index (χ3n) is 5.32. The van der Waals surface area contributed by atoms with Gasteiger partial charge in [-0.15, -0.1) is 0 Å². The molecule has 6 heteroatoms. The number of benzene rings is 1. The van der Waals surface area contributed by atoms with Crippen molar-refractivity contribution in [1.82, 2.24) is 15.1 Å². The first kappa shape index (κ1) is 20.1. The predicted octanol–water partition coefficient (Wildman–Crippen LogP) is 1.62. The predicted molar refractivity (Wildman–Crippen MR) is 106 cm³/mol. The SMILES string of the molecule is O=C1CCN(Cc2cccc(OCC(O)CN3CCCCCC3)c2)CCN1. The molecular weight excluding hydrogens is 342 g/mol. The number of β-amino-alcohol motifs (C(OH)–C–C–N with tert-alkyl or cyclic N) is 1. The fraction of sp³-hybridized carbons (Fsp3) is 0.667. The zero-order valence-corrected chi connectivity index (χ0v) is 16.2. The van der Waals surface area contributed by atoms with Gasteiger partial charge in [-0.1, -0.05) is 25.0 Å². The van der Waals surface area contributed by atoms with E-state index in [0.29, 0.717) is 26.1 Å². The zero-order valence-electron chi connectivity index (χ0n) is 16.2. The first-order valence-corrected chi connectivity index (χ1v) is 10.3. The summed E-state index contributed by atoms with van der Waals surface area (Å²) in [6.45, 7) is 6.34. The summed E-state index contributed by atoms with van der Waals surface area (Å²) >= 11 is 0. The first-order chi connectivity index (χ1) is 13.2. The minimum Gasteiger partial charge on any atom is -0.491 e. The molecule has 0 aromatic heterocycles. The van der Waals surface area contributed by atoms with Gasteiger partial charge in [-0.05, 0) is 43.6 Å². The minimum absolute atomic E-state index is 0.132. The van der Waals surface area contributed by atoms with Crippen LogP contribution in [0.4, 0.5) is 0 Å². The number of aliphatic hydroxyl groups is 1. The van der Waals surface area contributed by atoms with Crippen molar-refractivity contribution in [2.24, 2.45) is 0 Å². The highest BCUT2D eigenvalue weighted by atomic mass is 16.5. The summed E-state index contributed by atoms with van der Waals surface area (Å²) in [5.41, 5.74) is 1.17. The van der Waals surface area contributed by atoms with Crippen molar-refractivity contribution in [3.8, 4) is 5.75 Å². The smallest absolute Gasteiger partial charge is 0.221 e. The van der Waals surface area contributed by atoms with Crippen molar-refractivity contribution in [3.05, 3.63) is 29.8 Å². The Kier molecular flexibility index (Phi) is 7.93. The van der Waals surface area contributed by atoms with Crippen LogP contribution in [0.1, 0.15) is 37.7 Å². The molecule has 2 aliphatic heterocycles. The van der Waals surface area contributed by atoms with Gasteiger partial charge in [-0.25, -0.2) is 0 Å². The second-order valence-electron chi connectivity index (χ2n) is 7.70. The van der Waals surface area contributed by atoms with E-state index in [1.807, 2.05) is 18.2 Å². The summed E-state index contributed by atoms with van der Waals surface area (Å²) in [6, 6.07) is 8.06. The molecule has 0 spiro atoms. The number of carbonyl (C=O) groups is 1. The highest BCUT2D eigenvalue weighted by Gasteiger charge is 2.15. The molecule has 2 aliphatic rings.